The van der Waals surface area contributed by atoms with Crippen molar-refractivity contribution in [3.8, 4) is 0 Å². The SMILES string of the molecule is C=Cc1ccc(COC)cc1F. The molecule has 12 heavy (non-hydrogen) atoms. The number of halogens is 1. The summed E-state index contributed by atoms with van der Waals surface area (Å²) in [6.45, 7) is 3.93. The molecular formula is C10H11FO. The molecule has 0 saturated carbocycles. The first-order valence-electron chi connectivity index (χ1n) is 3.67. The van der Waals surface area contributed by atoms with E-state index in [9.17, 15) is 4.39 Å². The lowest BCUT2D eigenvalue weighted by molar-refractivity contribution is 0.184. The molecule has 0 aliphatic heterocycles. The van der Waals surface area contributed by atoms with Crippen molar-refractivity contribution in [3.63, 3.8) is 0 Å². The molecule has 0 spiro atoms. The Morgan fingerprint density at radius 3 is 2.83 bits per heavy atom. The Balaban J connectivity index is 2.93. The van der Waals surface area contributed by atoms with Gasteiger partial charge in [-0.15, -0.1) is 0 Å². The highest BCUT2D eigenvalue weighted by Crippen LogP contribution is 2.11. The summed E-state index contributed by atoms with van der Waals surface area (Å²) in [4.78, 5) is 0. The molecule has 0 aromatic heterocycles. The number of rotatable bonds is 3. The Morgan fingerprint density at radius 1 is 1.58 bits per heavy atom. The van der Waals surface area contributed by atoms with Gasteiger partial charge in [-0.1, -0.05) is 24.8 Å². The molecule has 0 N–H and O–H groups in total. The average Bonchev–Trinajstić information content (AvgIpc) is 2.05. The first-order valence-corrected chi connectivity index (χ1v) is 3.67. The van der Waals surface area contributed by atoms with Crippen molar-refractivity contribution in [2.24, 2.45) is 0 Å². The fraction of sp³-hybridized carbons (Fsp3) is 0.200. The molecule has 1 aromatic rings. The highest BCUT2D eigenvalue weighted by Gasteiger charge is 1.99. The van der Waals surface area contributed by atoms with Crippen molar-refractivity contribution in [2.75, 3.05) is 7.11 Å². The fourth-order valence-electron chi connectivity index (χ4n) is 0.993. The molecule has 0 unspecified atom stereocenters. The van der Waals surface area contributed by atoms with Crippen molar-refractivity contribution in [3.05, 3.63) is 41.7 Å². The second-order valence-electron chi connectivity index (χ2n) is 2.49. The van der Waals surface area contributed by atoms with Gasteiger partial charge in [-0.05, 0) is 11.6 Å². The summed E-state index contributed by atoms with van der Waals surface area (Å²) in [7, 11) is 1.58. The van der Waals surface area contributed by atoms with Gasteiger partial charge in [0.1, 0.15) is 5.82 Å². The monoisotopic (exact) mass is 166 g/mol. The quantitative estimate of drug-likeness (QED) is 0.670. The maximum Gasteiger partial charge on any atom is 0.130 e. The van der Waals surface area contributed by atoms with Crippen LogP contribution in [0, 0.1) is 5.82 Å². The summed E-state index contributed by atoms with van der Waals surface area (Å²) in [5.74, 6) is -0.250. The molecule has 0 heterocycles. The van der Waals surface area contributed by atoms with Crippen LogP contribution in [0.25, 0.3) is 6.08 Å². The molecule has 1 aromatic carbocycles. The largest absolute Gasteiger partial charge is 0.380 e. The Hall–Kier alpha value is -1.15. The third-order valence-electron chi connectivity index (χ3n) is 1.60. The third kappa shape index (κ3) is 1.92. The predicted octanol–water partition coefficient (Wildman–Crippen LogP) is 2.62. The summed E-state index contributed by atoms with van der Waals surface area (Å²) in [5, 5.41) is 0. The van der Waals surface area contributed by atoms with Crippen LogP contribution in [-0.2, 0) is 11.3 Å². The zero-order valence-electron chi connectivity index (χ0n) is 7.01. The first-order chi connectivity index (χ1) is 5.77. The van der Waals surface area contributed by atoms with Crippen LogP contribution in [-0.4, -0.2) is 7.11 Å². The molecule has 0 atom stereocenters. The first kappa shape index (κ1) is 8.94. The van der Waals surface area contributed by atoms with Crippen LogP contribution in [0.3, 0.4) is 0 Å². The van der Waals surface area contributed by atoms with Gasteiger partial charge in [-0.3, -0.25) is 0 Å². The second-order valence-corrected chi connectivity index (χ2v) is 2.49. The van der Waals surface area contributed by atoms with Gasteiger partial charge in [0, 0.05) is 12.7 Å². The van der Waals surface area contributed by atoms with E-state index < -0.39 is 0 Å². The minimum absolute atomic E-state index is 0.250. The lowest BCUT2D eigenvalue weighted by Gasteiger charge is -2.01. The van der Waals surface area contributed by atoms with Crippen LogP contribution in [0.5, 0.6) is 0 Å². The van der Waals surface area contributed by atoms with Crippen LogP contribution in [0.2, 0.25) is 0 Å². The minimum atomic E-state index is -0.250. The summed E-state index contributed by atoms with van der Waals surface area (Å²) >= 11 is 0. The third-order valence-corrected chi connectivity index (χ3v) is 1.60. The maximum atomic E-state index is 13.0. The topological polar surface area (TPSA) is 9.23 Å². The molecule has 0 aliphatic carbocycles. The van der Waals surface area contributed by atoms with E-state index in [0.717, 1.165) is 5.56 Å². The van der Waals surface area contributed by atoms with Crippen LogP contribution in [0.1, 0.15) is 11.1 Å². The molecular weight excluding hydrogens is 155 g/mol. The molecule has 0 aliphatic rings. The van der Waals surface area contributed by atoms with Crippen molar-refractivity contribution in [2.45, 2.75) is 6.61 Å². The van der Waals surface area contributed by atoms with Gasteiger partial charge in [-0.25, -0.2) is 4.39 Å². The van der Waals surface area contributed by atoms with Gasteiger partial charge in [0.05, 0.1) is 6.61 Å². The Labute approximate surface area is 71.5 Å². The van der Waals surface area contributed by atoms with Gasteiger partial charge in [0.2, 0.25) is 0 Å². The Kier molecular flexibility index (Phi) is 3.00. The molecule has 0 saturated heterocycles. The number of methoxy groups -OCH3 is 1. The number of ether oxygens (including phenoxy) is 1. The van der Waals surface area contributed by atoms with E-state index in [2.05, 4.69) is 6.58 Å². The molecule has 1 nitrogen and oxygen atoms in total. The van der Waals surface area contributed by atoms with Crippen molar-refractivity contribution in [1.82, 2.24) is 0 Å². The van der Waals surface area contributed by atoms with E-state index in [4.69, 9.17) is 4.74 Å². The fourth-order valence-corrected chi connectivity index (χ4v) is 0.993. The lowest BCUT2D eigenvalue weighted by atomic mass is 10.1. The van der Waals surface area contributed by atoms with Crippen molar-refractivity contribution in [1.29, 1.82) is 0 Å². The highest BCUT2D eigenvalue weighted by molar-refractivity contribution is 5.48. The summed E-state index contributed by atoms with van der Waals surface area (Å²) in [6.07, 6.45) is 1.49. The Bertz CT molecular complexity index is 281. The highest BCUT2D eigenvalue weighted by atomic mass is 19.1. The molecule has 0 bridgehead atoms. The van der Waals surface area contributed by atoms with Gasteiger partial charge in [0.25, 0.3) is 0 Å². The molecule has 0 fully saturated rings. The standard InChI is InChI=1S/C10H11FO/c1-3-9-5-4-8(7-12-2)6-10(9)11/h3-6H,1,7H2,2H3. The molecule has 1 rings (SSSR count). The van der Waals surface area contributed by atoms with Crippen LogP contribution in [0.15, 0.2) is 24.8 Å². The molecule has 0 amide bonds. The predicted molar refractivity (Wildman–Crippen MR) is 47.2 cm³/mol. The van der Waals surface area contributed by atoms with E-state index >= 15 is 0 Å². The lowest BCUT2D eigenvalue weighted by Crippen LogP contribution is -1.90. The van der Waals surface area contributed by atoms with Gasteiger partial charge >= 0.3 is 0 Å². The van der Waals surface area contributed by atoms with Gasteiger partial charge in [-0.2, -0.15) is 0 Å². The zero-order valence-corrected chi connectivity index (χ0v) is 7.01. The Morgan fingerprint density at radius 2 is 2.33 bits per heavy atom. The van der Waals surface area contributed by atoms with E-state index in [1.54, 1.807) is 13.2 Å². The normalized spacial score (nSPS) is 9.83. The van der Waals surface area contributed by atoms with E-state index in [1.807, 2.05) is 6.07 Å². The zero-order chi connectivity index (χ0) is 8.97. The van der Waals surface area contributed by atoms with E-state index in [-0.39, 0.29) is 5.82 Å². The maximum absolute atomic E-state index is 13.0. The van der Waals surface area contributed by atoms with E-state index in [1.165, 1.54) is 12.1 Å². The number of hydrogen-bond acceptors (Lipinski definition) is 1. The minimum Gasteiger partial charge on any atom is -0.380 e. The van der Waals surface area contributed by atoms with E-state index in [0.29, 0.717) is 12.2 Å². The summed E-state index contributed by atoms with van der Waals surface area (Å²) in [6, 6.07) is 4.97. The second kappa shape index (κ2) is 4.02. The number of hydrogen-bond donors (Lipinski definition) is 0. The van der Waals surface area contributed by atoms with Crippen molar-refractivity contribution >= 4 is 6.08 Å². The molecule has 2 heteroatoms. The molecule has 64 valence electrons. The average molecular weight is 166 g/mol. The smallest absolute Gasteiger partial charge is 0.130 e. The molecule has 0 radical (unpaired) electrons. The van der Waals surface area contributed by atoms with Crippen molar-refractivity contribution < 1.29 is 9.13 Å². The van der Waals surface area contributed by atoms with Crippen LogP contribution in [0.4, 0.5) is 4.39 Å². The van der Waals surface area contributed by atoms with Gasteiger partial charge in [0.15, 0.2) is 0 Å². The summed E-state index contributed by atoms with van der Waals surface area (Å²) in [5.41, 5.74) is 1.36. The van der Waals surface area contributed by atoms with Crippen LogP contribution < -0.4 is 0 Å². The number of benzene rings is 1. The van der Waals surface area contributed by atoms with Crippen LogP contribution >= 0.6 is 0 Å². The van der Waals surface area contributed by atoms with Gasteiger partial charge < -0.3 is 4.74 Å². The summed E-state index contributed by atoms with van der Waals surface area (Å²) < 4.78 is 17.9.